The maximum absolute atomic E-state index is 12.3. The van der Waals surface area contributed by atoms with Crippen molar-refractivity contribution < 1.29 is 18.7 Å². The molecule has 5 rings (SSSR count). The van der Waals surface area contributed by atoms with Gasteiger partial charge in [0.1, 0.15) is 27.4 Å². The van der Waals surface area contributed by atoms with Gasteiger partial charge in [-0.05, 0) is 56.4 Å². The molecule has 3 aromatic heterocycles. The highest BCUT2D eigenvalue weighted by molar-refractivity contribution is 7.20. The number of esters is 1. The number of aryl methyl sites for hydroxylation is 2. The second-order valence-electron chi connectivity index (χ2n) is 7.10. The topological polar surface area (TPSA) is 91.5 Å². The minimum absolute atomic E-state index is 0.274. The Bertz CT molecular complexity index is 1370. The van der Waals surface area contributed by atoms with Crippen LogP contribution in [0.1, 0.15) is 39.7 Å². The molecule has 1 aliphatic rings. The molecule has 0 aliphatic heterocycles. The zero-order valence-corrected chi connectivity index (χ0v) is 17.3. The molecule has 0 spiro atoms. The van der Waals surface area contributed by atoms with Crippen molar-refractivity contribution in [2.24, 2.45) is 0 Å². The fourth-order valence-corrected chi connectivity index (χ4v) is 4.98. The number of ether oxygens (including phenoxy) is 2. The minimum atomic E-state index is -0.384. The van der Waals surface area contributed by atoms with Crippen molar-refractivity contribution in [1.82, 2.24) is 9.97 Å². The summed E-state index contributed by atoms with van der Waals surface area (Å²) < 4.78 is 16.7. The number of carbonyl (C=O) groups excluding carboxylic acids is 1. The summed E-state index contributed by atoms with van der Waals surface area (Å²) in [6.07, 6.45) is 4.02. The minimum Gasteiger partial charge on any atom is -0.462 e. The van der Waals surface area contributed by atoms with E-state index in [4.69, 9.17) is 13.9 Å². The quantitative estimate of drug-likeness (QED) is 0.351. The zero-order chi connectivity index (χ0) is 20.8. The van der Waals surface area contributed by atoms with E-state index in [2.05, 4.69) is 9.97 Å². The molecular formula is C22H18N2O5S. The summed E-state index contributed by atoms with van der Waals surface area (Å²) >= 11 is 1.25. The lowest BCUT2D eigenvalue weighted by Gasteiger charge is -2.09. The van der Waals surface area contributed by atoms with Gasteiger partial charge in [0.15, 0.2) is 0 Å². The van der Waals surface area contributed by atoms with Crippen LogP contribution in [0.15, 0.2) is 33.7 Å². The predicted octanol–water partition coefficient (Wildman–Crippen LogP) is 4.56. The van der Waals surface area contributed by atoms with Gasteiger partial charge in [-0.15, -0.1) is 11.3 Å². The van der Waals surface area contributed by atoms with Gasteiger partial charge in [0.25, 0.3) is 0 Å². The Balaban J connectivity index is 1.57. The summed E-state index contributed by atoms with van der Waals surface area (Å²) in [7, 11) is 0. The van der Waals surface area contributed by atoms with E-state index in [9.17, 15) is 9.59 Å². The van der Waals surface area contributed by atoms with E-state index < -0.39 is 0 Å². The monoisotopic (exact) mass is 422 g/mol. The molecule has 0 radical (unpaired) electrons. The Hall–Kier alpha value is -3.26. The van der Waals surface area contributed by atoms with Gasteiger partial charge in [-0.25, -0.2) is 19.6 Å². The second-order valence-corrected chi connectivity index (χ2v) is 8.09. The molecular weight excluding hydrogens is 404 g/mol. The summed E-state index contributed by atoms with van der Waals surface area (Å²) in [5.41, 5.74) is 2.80. The van der Waals surface area contributed by atoms with Crippen molar-refractivity contribution in [3.63, 3.8) is 0 Å². The van der Waals surface area contributed by atoms with Crippen molar-refractivity contribution in [1.29, 1.82) is 0 Å². The highest BCUT2D eigenvalue weighted by atomic mass is 32.1. The van der Waals surface area contributed by atoms with E-state index >= 15 is 0 Å². The van der Waals surface area contributed by atoms with Crippen molar-refractivity contribution in [2.75, 3.05) is 6.61 Å². The van der Waals surface area contributed by atoms with Gasteiger partial charge in [-0.3, -0.25) is 0 Å². The maximum Gasteiger partial charge on any atom is 0.348 e. The molecule has 0 bridgehead atoms. The molecule has 0 unspecified atom stereocenters. The first kappa shape index (κ1) is 18.7. The van der Waals surface area contributed by atoms with Crippen LogP contribution < -0.4 is 10.4 Å². The standard InChI is InChI=1S/C22H18N2O5S/c1-3-27-22(26)18-11(2)17-19(23-10-24-20(17)30-18)28-12-7-8-14-13-5-4-6-15(13)21(25)29-16(14)9-12/h7-10H,3-6H2,1-2H3. The molecule has 152 valence electrons. The molecule has 8 heteroatoms. The molecule has 0 N–H and O–H groups in total. The number of hydrogen-bond acceptors (Lipinski definition) is 8. The molecule has 0 saturated carbocycles. The van der Waals surface area contributed by atoms with E-state index in [1.807, 2.05) is 19.1 Å². The van der Waals surface area contributed by atoms with Crippen molar-refractivity contribution in [2.45, 2.75) is 33.1 Å². The Kier molecular flexibility index (Phi) is 4.51. The molecule has 3 heterocycles. The first-order chi connectivity index (χ1) is 14.6. The lowest BCUT2D eigenvalue weighted by molar-refractivity contribution is 0.0531. The Morgan fingerprint density at radius 3 is 2.90 bits per heavy atom. The Morgan fingerprint density at radius 1 is 1.23 bits per heavy atom. The third-order valence-electron chi connectivity index (χ3n) is 5.31. The average Bonchev–Trinajstić information content (AvgIpc) is 3.34. The lowest BCUT2D eigenvalue weighted by atomic mass is 10.1. The number of rotatable bonds is 4. The molecule has 7 nitrogen and oxygen atoms in total. The molecule has 4 aromatic rings. The van der Waals surface area contributed by atoms with Gasteiger partial charge in [0.05, 0.1) is 12.0 Å². The van der Waals surface area contributed by atoms with E-state index in [1.165, 1.54) is 17.7 Å². The smallest absolute Gasteiger partial charge is 0.348 e. The molecule has 30 heavy (non-hydrogen) atoms. The Labute approximate surface area is 175 Å². The SMILES string of the molecule is CCOC(=O)c1sc2ncnc(Oc3ccc4c5c(c(=O)oc4c3)CCC5)c2c1C. The van der Waals surface area contributed by atoms with Crippen LogP contribution in [0, 0.1) is 6.92 Å². The number of thiophene rings is 1. The number of nitrogens with zero attached hydrogens (tertiary/aromatic N) is 2. The van der Waals surface area contributed by atoms with E-state index in [0.717, 1.165) is 35.8 Å². The fourth-order valence-electron chi connectivity index (χ4n) is 3.95. The van der Waals surface area contributed by atoms with Crippen molar-refractivity contribution >= 4 is 38.5 Å². The van der Waals surface area contributed by atoms with Crippen LogP contribution in [0.25, 0.3) is 21.2 Å². The number of benzene rings is 1. The highest BCUT2D eigenvalue weighted by Crippen LogP contribution is 2.37. The van der Waals surface area contributed by atoms with Crippen LogP contribution in [0.4, 0.5) is 0 Å². The fraction of sp³-hybridized carbons (Fsp3) is 0.273. The van der Waals surface area contributed by atoms with Crippen LogP contribution in [0.3, 0.4) is 0 Å². The van der Waals surface area contributed by atoms with Crippen LogP contribution in [0.2, 0.25) is 0 Å². The zero-order valence-electron chi connectivity index (χ0n) is 16.5. The number of fused-ring (bicyclic) bond motifs is 4. The molecule has 1 aliphatic carbocycles. The first-order valence-electron chi connectivity index (χ1n) is 9.74. The summed E-state index contributed by atoms with van der Waals surface area (Å²) in [6, 6.07) is 5.46. The summed E-state index contributed by atoms with van der Waals surface area (Å²) in [5.74, 6) is 0.448. The second kappa shape index (κ2) is 7.21. The van der Waals surface area contributed by atoms with E-state index in [-0.39, 0.29) is 11.6 Å². The molecule has 0 saturated heterocycles. The number of hydrogen-bond donors (Lipinski definition) is 0. The largest absolute Gasteiger partial charge is 0.462 e. The van der Waals surface area contributed by atoms with E-state index in [0.29, 0.717) is 44.5 Å². The van der Waals surface area contributed by atoms with Crippen LogP contribution in [-0.2, 0) is 17.6 Å². The van der Waals surface area contributed by atoms with Gasteiger partial charge < -0.3 is 13.9 Å². The summed E-state index contributed by atoms with van der Waals surface area (Å²) in [6.45, 7) is 3.89. The summed E-state index contributed by atoms with van der Waals surface area (Å²) in [5, 5.41) is 1.61. The van der Waals surface area contributed by atoms with Gasteiger partial charge in [0.2, 0.25) is 5.88 Å². The van der Waals surface area contributed by atoms with Gasteiger partial charge in [-0.2, -0.15) is 0 Å². The van der Waals surface area contributed by atoms with E-state index in [1.54, 1.807) is 13.0 Å². The maximum atomic E-state index is 12.3. The Morgan fingerprint density at radius 2 is 2.07 bits per heavy atom. The first-order valence-corrected chi connectivity index (χ1v) is 10.6. The predicted molar refractivity (Wildman–Crippen MR) is 113 cm³/mol. The van der Waals surface area contributed by atoms with Crippen LogP contribution >= 0.6 is 11.3 Å². The lowest BCUT2D eigenvalue weighted by Crippen LogP contribution is -2.06. The molecule has 0 amide bonds. The van der Waals surface area contributed by atoms with Crippen LogP contribution in [0.5, 0.6) is 11.6 Å². The third kappa shape index (κ3) is 2.95. The number of aromatic nitrogens is 2. The molecule has 0 atom stereocenters. The molecule has 1 aromatic carbocycles. The van der Waals surface area contributed by atoms with Crippen molar-refractivity contribution in [3.05, 3.63) is 56.5 Å². The van der Waals surface area contributed by atoms with Gasteiger partial charge in [0, 0.05) is 17.0 Å². The molecule has 0 fully saturated rings. The van der Waals surface area contributed by atoms with Crippen LogP contribution in [-0.4, -0.2) is 22.5 Å². The summed E-state index contributed by atoms with van der Waals surface area (Å²) in [4.78, 5) is 34.2. The van der Waals surface area contributed by atoms with Gasteiger partial charge in [-0.1, -0.05) is 0 Å². The van der Waals surface area contributed by atoms with Crippen molar-refractivity contribution in [3.8, 4) is 11.6 Å². The normalized spacial score (nSPS) is 13.0. The number of carbonyl (C=O) groups is 1. The third-order valence-corrected chi connectivity index (χ3v) is 6.49. The average molecular weight is 422 g/mol. The van der Waals surface area contributed by atoms with Gasteiger partial charge >= 0.3 is 11.6 Å². The highest BCUT2D eigenvalue weighted by Gasteiger charge is 2.22.